The molecule has 0 unspecified atom stereocenters. The summed E-state index contributed by atoms with van der Waals surface area (Å²) in [5.74, 6) is -1.34. The molecule has 0 saturated carbocycles. The predicted molar refractivity (Wildman–Crippen MR) is 79.4 cm³/mol. The number of hydrogen-bond donors (Lipinski definition) is 2. The van der Waals surface area contributed by atoms with Crippen molar-refractivity contribution in [3.63, 3.8) is 0 Å². The second-order valence-corrected chi connectivity index (χ2v) is 5.44. The van der Waals surface area contributed by atoms with E-state index in [-0.39, 0.29) is 17.1 Å². The van der Waals surface area contributed by atoms with Crippen molar-refractivity contribution in [2.75, 3.05) is 6.54 Å². The molecule has 1 aromatic carbocycles. The molecule has 0 fully saturated rings. The maximum Gasteiger partial charge on any atom is 0.311 e. The zero-order valence-electron chi connectivity index (χ0n) is 11.4. The molecule has 0 aliphatic carbocycles. The Morgan fingerprint density at radius 3 is 2.35 bits per heavy atom. The molecule has 2 N–H and O–H groups in total. The van der Waals surface area contributed by atoms with Gasteiger partial charge >= 0.3 is 5.97 Å². The number of carboxylic acid groups (broad SMARTS) is 1. The van der Waals surface area contributed by atoms with Crippen LogP contribution in [0.4, 0.5) is 0 Å². The van der Waals surface area contributed by atoms with E-state index >= 15 is 0 Å². The molecule has 6 heteroatoms. The van der Waals surface area contributed by atoms with Gasteiger partial charge in [0.15, 0.2) is 0 Å². The smallest absolute Gasteiger partial charge is 0.311 e. The Labute approximate surface area is 128 Å². The van der Waals surface area contributed by atoms with Crippen molar-refractivity contribution in [1.29, 1.82) is 0 Å². The molecule has 110 valence electrons. The number of nitrogens with one attached hydrogen (secondary N) is 1. The fourth-order valence-electron chi connectivity index (χ4n) is 1.89. The third kappa shape index (κ3) is 3.64. The quantitative estimate of drug-likeness (QED) is 0.842. The maximum atomic E-state index is 12.1. The summed E-state index contributed by atoms with van der Waals surface area (Å²) < 4.78 is 0. The van der Waals surface area contributed by atoms with E-state index in [0.717, 1.165) is 0 Å². The maximum absolute atomic E-state index is 12.1. The Morgan fingerprint density at radius 1 is 1.25 bits per heavy atom. The van der Waals surface area contributed by atoms with E-state index in [1.807, 2.05) is 0 Å². The van der Waals surface area contributed by atoms with E-state index in [1.165, 1.54) is 12.1 Å². The highest BCUT2D eigenvalue weighted by molar-refractivity contribution is 6.35. The van der Waals surface area contributed by atoms with Gasteiger partial charge in [-0.3, -0.25) is 9.59 Å². The van der Waals surface area contributed by atoms with Crippen molar-refractivity contribution in [3.05, 3.63) is 33.8 Å². The van der Waals surface area contributed by atoms with E-state index in [1.54, 1.807) is 19.9 Å². The Kier molecular flexibility index (Phi) is 5.84. The summed E-state index contributed by atoms with van der Waals surface area (Å²) in [5.41, 5.74) is -0.716. The van der Waals surface area contributed by atoms with Crippen molar-refractivity contribution >= 4 is 35.1 Å². The highest BCUT2D eigenvalue weighted by atomic mass is 35.5. The third-order valence-electron chi connectivity index (χ3n) is 3.57. The second kappa shape index (κ2) is 6.95. The first kappa shape index (κ1) is 16.8. The monoisotopic (exact) mass is 317 g/mol. The summed E-state index contributed by atoms with van der Waals surface area (Å²) in [5, 5.41) is 12.6. The minimum Gasteiger partial charge on any atom is -0.481 e. The lowest BCUT2D eigenvalue weighted by Gasteiger charge is -2.26. The van der Waals surface area contributed by atoms with Crippen LogP contribution in [0, 0.1) is 5.41 Å². The molecule has 0 bridgehead atoms. The summed E-state index contributed by atoms with van der Waals surface area (Å²) in [6, 6.07) is 4.57. The molecule has 20 heavy (non-hydrogen) atoms. The number of amides is 1. The van der Waals surface area contributed by atoms with Crippen molar-refractivity contribution in [3.8, 4) is 0 Å². The van der Waals surface area contributed by atoms with Crippen LogP contribution in [-0.2, 0) is 4.79 Å². The van der Waals surface area contributed by atoms with E-state index in [9.17, 15) is 14.7 Å². The molecule has 1 rings (SSSR count). The van der Waals surface area contributed by atoms with E-state index in [0.29, 0.717) is 17.9 Å². The first-order valence-corrected chi connectivity index (χ1v) is 7.08. The van der Waals surface area contributed by atoms with Gasteiger partial charge in [0.2, 0.25) is 0 Å². The highest BCUT2D eigenvalue weighted by Gasteiger charge is 2.35. The van der Waals surface area contributed by atoms with Crippen LogP contribution in [0.25, 0.3) is 0 Å². The molecule has 1 aromatic rings. The molecule has 0 aliphatic heterocycles. The number of rotatable bonds is 6. The van der Waals surface area contributed by atoms with Crippen molar-refractivity contribution in [2.45, 2.75) is 26.7 Å². The number of carbonyl (C=O) groups is 2. The first-order valence-electron chi connectivity index (χ1n) is 6.33. The van der Waals surface area contributed by atoms with Gasteiger partial charge in [-0.2, -0.15) is 0 Å². The Bertz CT molecular complexity index is 513. The summed E-state index contributed by atoms with van der Waals surface area (Å²) >= 11 is 11.8. The Hall–Kier alpha value is -1.26. The van der Waals surface area contributed by atoms with Gasteiger partial charge in [-0.15, -0.1) is 0 Å². The largest absolute Gasteiger partial charge is 0.481 e. The molecule has 0 spiro atoms. The zero-order chi connectivity index (χ0) is 15.3. The minimum absolute atomic E-state index is 0.0526. The van der Waals surface area contributed by atoms with E-state index < -0.39 is 17.3 Å². The lowest BCUT2D eigenvalue weighted by molar-refractivity contribution is -0.149. The van der Waals surface area contributed by atoms with Crippen LogP contribution in [0.15, 0.2) is 18.2 Å². The third-order valence-corrected chi connectivity index (χ3v) is 4.13. The molecule has 0 atom stereocenters. The van der Waals surface area contributed by atoms with Gasteiger partial charge in [-0.05, 0) is 31.0 Å². The lowest BCUT2D eigenvalue weighted by Crippen LogP contribution is -2.42. The van der Waals surface area contributed by atoms with E-state index in [4.69, 9.17) is 23.2 Å². The van der Waals surface area contributed by atoms with Crippen LogP contribution in [0.3, 0.4) is 0 Å². The SMILES string of the molecule is CCC(CC)(CNC(=O)c1cc(Cl)ccc1Cl)C(=O)O. The van der Waals surface area contributed by atoms with Crippen molar-refractivity contribution < 1.29 is 14.7 Å². The van der Waals surface area contributed by atoms with Crippen LogP contribution >= 0.6 is 23.2 Å². The number of aliphatic carboxylic acids is 1. The molecular formula is C14H17Cl2NO3. The first-order chi connectivity index (χ1) is 9.36. The second-order valence-electron chi connectivity index (χ2n) is 4.60. The van der Waals surface area contributed by atoms with Crippen LogP contribution in [-0.4, -0.2) is 23.5 Å². The van der Waals surface area contributed by atoms with Gasteiger partial charge in [-0.1, -0.05) is 37.0 Å². The van der Waals surface area contributed by atoms with Crippen molar-refractivity contribution in [1.82, 2.24) is 5.32 Å². The van der Waals surface area contributed by atoms with Gasteiger partial charge in [-0.25, -0.2) is 0 Å². The van der Waals surface area contributed by atoms with E-state index in [2.05, 4.69) is 5.32 Å². The molecule has 0 heterocycles. The van der Waals surface area contributed by atoms with Gasteiger partial charge in [0.1, 0.15) is 0 Å². The molecule has 0 saturated heterocycles. The van der Waals surface area contributed by atoms with Crippen LogP contribution in [0.1, 0.15) is 37.0 Å². The number of benzene rings is 1. The average molecular weight is 318 g/mol. The standard InChI is InChI=1S/C14H17Cl2NO3/c1-3-14(4-2,13(19)20)8-17-12(18)10-7-9(15)5-6-11(10)16/h5-7H,3-4,8H2,1-2H3,(H,17,18)(H,19,20). The summed E-state index contributed by atoms with van der Waals surface area (Å²) in [6.45, 7) is 3.63. The number of halogens is 2. The van der Waals surface area contributed by atoms with Gasteiger partial charge in [0.25, 0.3) is 5.91 Å². The lowest BCUT2D eigenvalue weighted by atomic mass is 9.82. The predicted octanol–water partition coefficient (Wildman–Crippen LogP) is 3.61. The fraction of sp³-hybridized carbons (Fsp3) is 0.429. The summed E-state index contributed by atoms with van der Waals surface area (Å²) in [4.78, 5) is 23.4. The van der Waals surface area contributed by atoms with Crippen LogP contribution in [0.5, 0.6) is 0 Å². The Balaban J connectivity index is 2.86. The number of hydrogen-bond acceptors (Lipinski definition) is 2. The highest BCUT2D eigenvalue weighted by Crippen LogP contribution is 2.26. The van der Waals surface area contributed by atoms with Gasteiger partial charge < -0.3 is 10.4 Å². The van der Waals surface area contributed by atoms with Gasteiger partial charge in [0.05, 0.1) is 16.0 Å². The molecule has 0 aromatic heterocycles. The molecule has 0 radical (unpaired) electrons. The number of carboxylic acids is 1. The average Bonchev–Trinajstić information content (AvgIpc) is 2.42. The minimum atomic E-state index is -0.958. The molecule has 1 amide bonds. The van der Waals surface area contributed by atoms with Crippen LogP contribution in [0.2, 0.25) is 10.0 Å². The van der Waals surface area contributed by atoms with Crippen molar-refractivity contribution in [2.24, 2.45) is 5.41 Å². The summed E-state index contributed by atoms with van der Waals surface area (Å²) in [7, 11) is 0. The zero-order valence-corrected chi connectivity index (χ0v) is 12.9. The molecule has 4 nitrogen and oxygen atoms in total. The van der Waals surface area contributed by atoms with Crippen LogP contribution < -0.4 is 5.32 Å². The fourth-order valence-corrected chi connectivity index (χ4v) is 2.27. The normalized spacial score (nSPS) is 11.2. The molecule has 0 aliphatic rings. The van der Waals surface area contributed by atoms with Gasteiger partial charge in [0, 0.05) is 11.6 Å². The topological polar surface area (TPSA) is 66.4 Å². The summed E-state index contributed by atoms with van der Waals surface area (Å²) in [6.07, 6.45) is 0.866. The molecular weight excluding hydrogens is 301 g/mol. The Morgan fingerprint density at radius 2 is 1.85 bits per heavy atom. The number of carbonyl (C=O) groups excluding carboxylic acids is 1.